The fourth-order valence-corrected chi connectivity index (χ4v) is 4.10. The molecule has 8 heteroatoms. The Kier molecular flexibility index (Phi) is 7.12. The summed E-state index contributed by atoms with van der Waals surface area (Å²) in [6.45, 7) is 2.51. The molecule has 6 nitrogen and oxygen atoms in total. The van der Waals surface area contributed by atoms with Crippen LogP contribution in [0.5, 0.6) is 11.5 Å². The van der Waals surface area contributed by atoms with Crippen LogP contribution in [0, 0.1) is 6.92 Å². The van der Waals surface area contributed by atoms with Gasteiger partial charge in [-0.2, -0.15) is 0 Å². The molecule has 156 valence electrons. The van der Waals surface area contributed by atoms with Crippen molar-refractivity contribution in [3.63, 3.8) is 0 Å². The fraction of sp³-hybridized carbons (Fsp3) is 0.227. The topological polar surface area (TPSA) is 76.1 Å². The number of hydrogen-bond donors (Lipinski definition) is 1. The molecule has 1 heterocycles. The zero-order valence-corrected chi connectivity index (χ0v) is 18.2. The van der Waals surface area contributed by atoms with Crippen molar-refractivity contribution in [3.05, 3.63) is 64.1 Å². The molecule has 0 spiro atoms. The Balaban J connectivity index is 1.72. The van der Waals surface area contributed by atoms with E-state index in [4.69, 9.17) is 26.8 Å². The Bertz CT molecular complexity index is 1000. The first-order valence-electron chi connectivity index (χ1n) is 9.21. The lowest BCUT2D eigenvalue weighted by molar-refractivity contribution is -0.137. The van der Waals surface area contributed by atoms with Gasteiger partial charge in [-0.25, -0.2) is 0 Å². The zero-order valence-electron chi connectivity index (χ0n) is 16.6. The first-order chi connectivity index (χ1) is 14.4. The first-order valence-corrected chi connectivity index (χ1v) is 10.4. The fourth-order valence-electron chi connectivity index (χ4n) is 2.79. The summed E-state index contributed by atoms with van der Waals surface area (Å²) in [4.78, 5) is 25.1. The number of carboxylic acids is 1. The molecule has 1 N–H and O–H groups in total. The van der Waals surface area contributed by atoms with E-state index in [1.54, 1.807) is 25.3 Å². The highest BCUT2D eigenvalue weighted by molar-refractivity contribution is 8.26. The third kappa shape index (κ3) is 5.40. The molecular formula is C22H21NO5S2. The molecule has 0 aliphatic carbocycles. The van der Waals surface area contributed by atoms with Crippen LogP contribution < -0.4 is 9.47 Å². The second-order valence-corrected chi connectivity index (χ2v) is 8.34. The molecule has 2 aromatic carbocycles. The van der Waals surface area contributed by atoms with Crippen LogP contribution >= 0.6 is 24.0 Å². The molecule has 2 aromatic rings. The van der Waals surface area contributed by atoms with E-state index in [0.717, 1.165) is 22.9 Å². The second-order valence-electron chi connectivity index (χ2n) is 6.66. The number of methoxy groups -OCH3 is 1. The maximum Gasteiger partial charge on any atom is 0.305 e. The average molecular weight is 444 g/mol. The lowest BCUT2D eigenvalue weighted by Gasteiger charge is -2.12. The maximum atomic E-state index is 12.5. The first kappa shape index (κ1) is 21.9. The van der Waals surface area contributed by atoms with Crippen molar-refractivity contribution in [3.8, 4) is 11.5 Å². The van der Waals surface area contributed by atoms with E-state index in [9.17, 15) is 9.59 Å². The number of rotatable bonds is 8. The quantitative estimate of drug-likeness (QED) is 0.483. The Morgan fingerprint density at radius 2 is 1.93 bits per heavy atom. The van der Waals surface area contributed by atoms with Crippen molar-refractivity contribution < 1.29 is 24.2 Å². The molecule has 1 amide bonds. The van der Waals surface area contributed by atoms with Gasteiger partial charge in [-0.3, -0.25) is 14.5 Å². The van der Waals surface area contributed by atoms with Crippen LogP contribution in [0.3, 0.4) is 0 Å². The van der Waals surface area contributed by atoms with E-state index in [1.165, 1.54) is 10.5 Å². The Hall–Kier alpha value is -2.84. The standard InChI is InChI=1S/C22H21NO5S2/c1-14-3-5-15(6-4-14)13-28-17-8-7-16(11-18(17)27-2)12-19-21(26)23(22(29)30-19)10-9-20(24)25/h3-8,11-12H,9-10,13H2,1-2H3,(H,24,25)/b19-12+. The molecule has 3 rings (SSSR count). The zero-order chi connectivity index (χ0) is 21.7. The summed E-state index contributed by atoms with van der Waals surface area (Å²) in [7, 11) is 1.56. The number of carbonyl (C=O) groups excluding carboxylic acids is 1. The summed E-state index contributed by atoms with van der Waals surface area (Å²) < 4.78 is 11.7. The summed E-state index contributed by atoms with van der Waals surface area (Å²) in [5.41, 5.74) is 3.00. The SMILES string of the molecule is COc1cc(/C=C2/SC(=S)N(CCC(=O)O)C2=O)ccc1OCc1ccc(C)cc1. The summed E-state index contributed by atoms with van der Waals surface area (Å²) in [6.07, 6.45) is 1.56. The molecule has 30 heavy (non-hydrogen) atoms. The number of carboxylic acid groups (broad SMARTS) is 1. The third-order valence-corrected chi connectivity index (χ3v) is 5.80. The molecule has 1 fully saturated rings. The Morgan fingerprint density at radius 1 is 1.20 bits per heavy atom. The number of thiocarbonyl (C=S) groups is 1. The van der Waals surface area contributed by atoms with Gasteiger partial charge >= 0.3 is 5.97 Å². The average Bonchev–Trinajstić information content (AvgIpc) is 2.99. The Labute approximate surface area is 184 Å². The lowest BCUT2D eigenvalue weighted by atomic mass is 10.1. The predicted molar refractivity (Wildman–Crippen MR) is 121 cm³/mol. The highest BCUT2D eigenvalue weighted by Crippen LogP contribution is 2.35. The van der Waals surface area contributed by atoms with Crippen molar-refractivity contribution in [2.24, 2.45) is 0 Å². The molecule has 1 saturated heterocycles. The van der Waals surface area contributed by atoms with E-state index in [0.29, 0.717) is 27.3 Å². The molecule has 0 saturated carbocycles. The summed E-state index contributed by atoms with van der Waals surface area (Å²) in [6, 6.07) is 13.5. The van der Waals surface area contributed by atoms with Crippen LogP contribution in [0.25, 0.3) is 6.08 Å². The highest BCUT2D eigenvalue weighted by Gasteiger charge is 2.32. The van der Waals surface area contributed by atoms with Crippen molar-refractivity contribution in [1.82, 2.24) is 4.90 Å². The minimum absolute atomic E-state index is 0.0620. The maximum absolute atomic E-state index is 12.5. The summed E-state index contributed by atoms with van der Waals surface area (Å²) in [5, 5.41) is 8.83. The van der Waals surface area contributed by atoms with Gasteiger partial charge in [-0.1, -0.05) is 59.9 Å². The molecule has 0 bridgehead atoms. The van der Waals surface area contributed by atoms with E-state index in [-0.39, 0.29) is 18.9 Å². The van der Waals surface area contributed by atoms with Crippen LogP contribution in [-0.4, -0.2) is 39.9 Å². The van der Waals surface area contributed by atoms with Gasteiger partial charge in [0.15, 0.2) is 11.5 Å². The number of benzene rings is 2. The second kappa shape index (κ2) is 9.77. The van der Waals surface area contributed by atoms with Gasteiger partial charge in [-0.15, -0.1) is 0 Å². The summed E-state index contributed by atoms with van der Waals surface area (Å²) >= 11 is 6.37. The molecule has 0 aromatic heterocycles. The number of thioether (sulfide) groups is 1. The molecule has 1 aliphatic rings. The van der Waals surface area contributed by atoms with Crippen molar-refractivity contribution in [2.45, 2.75) is 20.0 Å². The van der Waals surface area contributed by atoms with Crippen molar-refractivity contribution in [1.29, 1.82) is 0 Å². The highest BCUT2D eigenvalue weighted by atomic mass is 32.2. The van der Waals surface area contributed by atoms with Crippen LogP contribution in [-0.2, 0) is 16.2 Å². The molecule has 1 aliphatic heterocycles. The largest absolute Gasteiger partial charge is 0.493 e. The van der Waals surface area contributed by atoms with Gasteiger partial charge in [0.05, 0.1) is 18.4 Å². The van der Waals surface area contributed by atoms with E-state index < -0.39 is 5.97 Å². The predicted octanol–water partition coefficient (Wildman–Crippen LogP) is 4.26. The van der Waals surface area contributed by atoms with Gasteiger partial charge in [0.1, 0.15) is 10.9 Å². The minimum atomic E-state index is -0.973. The molecule has 0 unspecified atom stereocenters. The van der Waals surface area contributed by atoms with Crippen LogP contribution in [0.1, 0.15) is 23.1 Å². The van der Waals surface area contributed by atoms with Crippen LogP contribution in [0.4, 0.5) is 0 Å². The summed E-state index contributed by atoms with van der Waals surface area (Å²) in [5.74, 6) is -0.106. The number of ether oxygens (including phenoxy) is 2. The number of carbonyl (C=O) groups is 2. The number of aryl methyl sites for hydroxylation is 1. The monoisotopic (exact) mass is 443 g/mol. The normalized spacial score (nSPS) is 15.0. The van der Waals surface area contributed by atoms with Gasteiger partial charge in [0.25, 0.3) is 5.91 Å². The van der Waals surface area contributed by atoms with Gasteiger partial charge in [0.2, 0.25) is 0 Å². The van der Waals surface area contributed by atoms with E-state index >= 15 is 0 Å². The van der Waals surface area contributed by atoms with Gasteiger partial charge in [0, 0.05) is 6.54 Å². The van der Waals surface area contributed by atoms with Crippen molar-refractivity contribution >= 4 is 46.3 Å². The van der Waals surface area contributed by atoms with Crippen LogP contribution in [0.2, 0.25) is 0 Å². The molecular weight excluding hydrogens is 422 g/mol. The number of hydrogen-bond acceptors (Lipinski definition) is 6. The van der Waals surface area contributed by atoms with Crippen LogP contribution in [0.15, 0.2) is 47.4 Å². The number of aliphatic carboxylic acids is 1. The third-order valence-electron chi connectivity index (χ3n) is 4.42. The smallest absolute Gasteiger partial charge is 0.305 e. The molecule has 0 radical (unpaired) electrons. The van der Waals surface area contributed by atoms with Gasteiger partial charge in [-0.05, 0) is 36.3 Å². The molecule has 0 atom stereocenters. The van der Waals surface area contributed by atoms with Crippen molar-refractivity contribution in [2.75, 3.05) is 13.7 Å². The lowest BCUT2D eigenvalue weighted by Crippen LogP contribution is -2.30. The minimum Gasteiger partial charge on any atom is -0.493 e. The van der Waals surface area contributed by atoms with Gasteiger partial charge < -0.3 is 14.6 Å². The number of amides is 1. The number of nitrogens with zero attached hydrogens (tertiary/aromatic N) is 1. The Morgan fingerprint density at radius 3 is 2.60 bits per heavy atom. The van der Waals surface area contributed by atoms with E-state index in [2.05, 4.69) is 0 Å². The van der Waals surface area contributed by atoms with E-state index in [1.807, 2.05) is 37.3 Å².